The molecule has 0 aliphatic carbocycles. The quantitative estimate of drug-likeness (QED) is 0.712. The first-order valence-corrected chi connectivity index (χ1v) is 8.69. The van der Waals surface area contributed by atoms with Gasteiger partial charge in [-0.2, -0.15) is 0 Å². The molecule has 4 nitrogen and oxygen atoms in total. The lowest BCUT2D eigenvalue weighted by Gasteiger charge is -2.22. The van der Waals surface area contributed by atoms with Gasteiger partial charge in [-0.3, -0.25) is 0 Å². The van der Waals surface area contributed by atoms with Gasteiger partial charge >= 0.3 is 0 Å². The number of rotatable bonds is 5. The van der Waals surface area contributed by atoms with Gasteiger partial charge in [0.05, 0.1) is 24.1 Å². The Bertz CT molecular complexity index is 886. The summed E-state index contributed by atoms with van der Waals surface area (Å²) in [6, 6.07) is 11.1. The zero-order chi connectivity index (χ0) is 17.9. The van der Waals surface area contributed by atoms with Crippen LogP contribution in [0.1, 0.15) is 18.7 Å². The fourth-order valence-corrected chi connectivity index (χ4v) is 3.21. The SMILES string of the molecule is Fc1ccc(-c2cnc(CNc3c(F)cccc3N3CCCC3)o2)cc1. The highest BCUT2D eigenvalue weighted by molar-refractivity contribution is 5.71. The molecule has 0 unspecified atom stereocenters. The summed E-state index contributed by atoms with van der Waals surface area (Å²) in [7, 11) is 0. The lowest BCUT2D eigenvalue weighted by atomic mass is 10.2. The molecular formula is C20H19F2N3O. The Morgan fingerprint density at radius 3 is 2.58 bits per heavy atom. The van der Waals surface area contributed by atoms with Crippen molar-refractivity contribution in [1.82, 2.24) is 4.98 Å². The standard InChI is InChI=1S/C20H19F2N3O/c21-15-8-6-14(7-9-15)18-12-23-19(26-18)13-24-20-16(22)4-3-5-17(20)25-10-1-2-11-25/h3-9,12,24H,1-2,10-11,13H2. The summed E-state index contributed by atoms with van der Waals surface area (Å²) < 4.78 is 33.1. The van der Waals surface area contributed by atoms with Crippen molar-refractivity contribution >= 4 is 11.4 Å². The van der Waals surface area contributed by atoms with Crippen molar-refractivity contribution in [3.63, 3.8) is 0 Å². The van der Waals surface area contributed by atoms with E-state index in [1.165, 1.54) is 18.2 Å². The fourth-order valence-electron chi connectivity index (χ4n) is 3.21. The van der Waals surface area contributed by atoms with E-state index < -0.39 is 0 Å². The number of hydrogen-bond donors (Lipinski definition) is 1. The van der Waals surface area contributed by atoms with Crippen LogP contribution in [0, 0.1) is 11.6 Å². The molecule has 0 spiro atoms. The number of para-hydroxylation sites is 1. The monoisotopic (exact) mass is 355 g/mol. The number of aromatic nitrogens is 1. The maximum absolute atomic E-state index is 14.3. The Kier molecular flexibility index (Phi) is 4.56. The minimum Gasteiger partial charge on any atom is -0.439 e. The lowest BCUT2D eigenvalue weighted by Crippen LogP contribution is -2.20. The number of oxazole rings is 1. The van der Waals surface area contributed by atoms with E-state index in [2.05, 4.69) is 15.2 Å². The van der Waals surface area contributed by atoms with E-state index in [0.717, 1.165) is 37.2 Å². The average molecular weight is 355 g/mol. The predicted octanol–water partition coefficient (Wildman–Crippen LogP) is 4.83. The third-order valence-electron chi connectivity index (χ3n) is 4.54. The molecule has 0 radical (unpaired) electrons. The van der Waals surface area contributed by atoms with Gasteiger partial charge in [0.2, 0.25) is 5.89 Å². The summed E-state index contributed by atoms with van der Waals surface area (Å²) in [5.41, 5.74) is 2.08. The van der Waals surface area contributed by atoms with E-state index >= 15 is 0 Å². The highest BCUT2D eigenvalue weighted by atomic mass is 19.1. The molecule has 3 aromatic rings. The summed E-state index contributed by atoms with van der Waals surface area (Å²) in [6.07, 6.45) is 3.83. The highest BCUT2D eigenvalue weighted by Crippen LogP contribution is 2.31. The minimum absolute atomic E-state index is 0.267. The van der Waals surface area contributed by atoms with Gasteiger partial charge in [-0.25, -0.2) is 13.8 Å². The summed E-state index contributed by atoms with van der Waals surface area (Å²) >= 11 is 0. The Morgan fingerprint density at radius 2 is 1.81 bits per heavy atom. The van der Waals surface area contributed by atoms with Crippen LogP contribution in [0.3, 0.4) is 0 Å². The molecule has 1 saturated heterocycles. The van der Waals surface area contributed by atoms with Crippen LogP contribution in [0.4, 0.5) is 20.2 Å². The first kappa shape index (κ1) is 16.6. The van der Waals surface area contributed by atoms with Crippen LogP contribution in [-0.4, -0.2) is 18.1 Å². The third kappa shape index (κ3) is 3.40. The molecule has 0 atom stereocenters. The molecule has 0 amide bonds. The summed E-state index contributed by atoms with van der Waals surface area (Å²) in [5.74, 6) is 0.402. The largest absolute Gasteiger partial charge is 0.439 e. The molecule has 1 aromatic heterocycles. The van der Waals surface area contributed by atoms with Crippen LogP contribution in [0.2, 0.25) is 0 Å². The third-order valence-corrected chi connectivity index (χ3v) is 4.54. The Hall–Kier alpha value is -2.89. The summed E-state index contributed by atoms with van der Waals surface area (Å²) in [4.78, 5) is 6.41. The molecule has 26 heavy (non-hydrogen) atoms. The molecule has 2 heterocycles. The second-order valence-electron chi connectivity index (χ2n) is 6.31. The van der Waals surface area contributed by atoms with Crippen LogP contribution >= 0.6 is 0 Å². The predicted molar refractivity (Wildman–Crippen MR) is 97.1 cm³/mol. The van der Waals surface area contributed by atoms with E-state index in [4.69, 9.17) is 4.42 Å². The van der Waals surface area contributed by atoms with E-state index in [-0.39, 0.29) is 18.2 Å². The van der Waals surface area contributed by atoms with Crippen LogP contribution < -0.4 is 10.2 Å². The average Bonchev–Trinajstić information content (AvgIpc) is 3.33. The van der Waals surface area contributed by atoms with Gasteiger partial charge in [-0.1, -0.05) is 6.07 Å². The van der Waals surface area contributed by atoms with Gasteiger partial charge in [0.1, 0.15) is 11.6 Å². The topological polar surface area (TPSA) is 41.3 Å². The summed E-state index contributed by atoms with van der Waals surface area (Å²) in [6.45, 7) is 2.14. The Labute approximate surface area is 150 Å². The van der Waals surface area contributed by atoms with Gasteiger partial charge in [0.15, 0.2) is 5.76 Å². The maximum atomic E-state index is 14.3. The van der Waals surface area contributed by atoms with Crippen molar-refractivity contribution in [3.05, 3.63) is 66.2 Å². The molecule has 134 valence electrons. The first-order valence-electron chi connectivity index (χ1n) is 8.69. The Morgan fingerprint density at radius 1 is 1.04 bits per heavy atom. The maximum Gasteiger partial charge on any atom is 0.214 e. The van der Waals surface area contributed by atoms with Crippen molar-refractivity contribution < 1.29 is 13.2 Å². The van der Waals surface area contributed by atoms with E-state index in [0.29, 0.717) is 17.3 Å². The second kappa shape index (κ2) is 7.15. The van der Waals surface area contributed by atoms with Crippen LogP contribution in [0.5, 0.6) is 0 Å². The normalized spacial score (nSPS) is 14.0. The fraction of sp³-hybridized carbons (Fsp3) is 0.250. The number of halogens is 2. The van der Waals surface area contributed by atoms with Crippen molar-refractivity contribution in [2.24, 2.45) is 0 Å². The molecule has 0 saturated carbocycles. The molecule has 1 aliphatic heterocycles. The summed E-state index contributed by atoms with van der Waals surface area (Å²) in [5, 5.41) is 3.12. The van der Waals surface area contributed by atoms with Crippen molar-refractivity contribution in [2.75, 3.05) is 23.3 Å². The van der Waals surface area contributed by atoms with Crippen LogP contribution in [-0.2, 0) is 6.54 Å². The Balaban J connectivity index is 1.50. The van der Waals surface area contributed by atoms with Crippen molar-refractivity contribution in [1.29, 1.82) is 0 Å². The molecule has 2 aromatic carbocycles. The lowest BCUT2D eigenvalue weighted by molar-refractivity contribution is 0.515. The van der Waals surface area contributed by atoms with Crippen LogP contribution in [0.25, 0.3) is 11.3 Å². The zero-order valence-corrected chi connectivity index (χ0v) is 14.2. The van der Waals surface area contributed by atoms with E-state index in [1.807, 2.05) is 6.07 Å². The highest BCUT2D eigenvalue weighted by Gasteiger charge is 2.18. The first-order chi connectivity index (χ1) is 12.7. The number of anilines is 2. The smallest absolute Gasteiger partial charge is 0.214 e. The molecule has 0 bridgehead atoms. The molecule has 1 N–H and O–H groups in total. The van der Waals surface area contributed by atoms with Crippen molar-refractivity contribution in [2.45, 2.75) is 19.4 Å². The molecule has 1 fully saturated rings. The molecule has 1 aliphatic rings. The van der Waals surface area contributed by atoms with E-state index in [9.17, 15) is 8.78 Å². The van der Waals surface area contributed by atoms with Gasteiger partial charge in [0.25, 0.3) is 0 Å². The van der Waals surface area contributed by atoms with Gasteiger partial charge in [-0.15, -0.1) is 0 Å². The van der Waals surface area contributed by atoms with E-state index in [1.54, 1.807) is 24.4 Å². The number of nitrogens with zero attached hydrogens (tertiary/aromatic N) is 2. The number of nitrogens with one attached hydrogen (secondary N) is 1. The van der Waals surface area contributed by atoms with Gasteiger partial charge in [0, 0.05) is 18.7 Å². The molecular weight excluding hydrogens is 336 g/mol. The molecule has 6 heteroatoms. The minimum atomic E-state index is -0.302. The van der Waals surface area contributed by atoms with Crippen molar-refractivity contribution in [3.8, 4) is 11.3 Å². The van der Waals surface area contributed by atoms with Gasteiger partial charge < -0.3 is 14.6 Å². The number of hydrogen-bond acceptors (Lipinski definition) is 4. The zero-order valence-electron chi connectivity index (χ0n) is 14.2. The van der Waals surface area contributed by atoms with Gasteiger partial charge in [-0.05, 0) is 49.2 Å². The number of benzene rings is 2. The van der Waals surface area contributed by atoms with Crippen LogP contribution in [0.15, 0.2) is 53.1 Å². The molecule has 4 rings (SSSR count). The second-order valence-corrected chi connectivity index (χ2v) is 6.31.